The van der Waals surface area contributed by atoms with Crippen LogP contribution in [0.5, 0.6) is 0 Å². The van der Waals surface area contributed by atoms with Crippen molar-refractivity contribution in [2.45, 2.75) is 32.8 Å². The highest BCUT2D eigenvalue weighted by atomic mass is 16.6. The summed E-state index contributed by atoms with van der Waals surface area (Å²) in [6.07, 6.45) is 4.04. The zero-order chi connectivity index (χ0) is 15.8. The van der Waals surface area contributed by atoms with E-state index in [4.69, 9.17) is 9.47 Å². The minimum atomic E-state index is -0.628. The third-order valence-electron chi connectivity index (χ3n) is 3.49. The number of esters is 1. The third kappa shape index (κ3) is 4.62. The highest BCUT2D eigenvalue weighted by molar-refractivity contribution is 5.89. The fourth-order valence-corrected chi connectivity index (χ4v) is 2.25. The van der Waals surface area contributed by atoms with Crippen LogP contribution in [-0.4, -0.2) is 30.1 Å². The minimum absolute atomic E-state index is 0.0634. The number of carbonyl (C=O) groups is 2. The average molecular weight is 303 g/mol. The van der Waals surface area contributed by atoms with Crippen LogP contribution in [0.1, 0.15) is 31.7 Å². The van der Waals surface area contributed by atoms with Crippen molar-refractivity contribution in [1.82, 2.24) is 4.90 Å². The molecule has 0 unspecified atom stereocenters. The Morgan fingerprint density at radius 2 is 1.82 bits per heavy atom. The van der Waals surface area contributed by atoms with Gasteiger partial charge in [-0.25, -0.2) is 9.59 Å². The molecule has 1 aromatic rings. The average Bonchev–Trinajstić information content (AvgIpc) is 2.59. The van der Waals surface area contributed by atoms with Gasteiger partial charge in [0.25, 0.3) is 0 Å². The largest absolute Gasteiger partial charge is 0.455 e. The molecule has 0 aliphatic carbocycles. The number of hydrogen-bond donors (Lipinski definition) is 0. The number of piperidine rings is 1. The number of benzene rings is 1. The summed E-state index contributed by atoms with van der Waals surface area (Å²) in [6, 6.07) is 9.36. The first-order chi connectivity index (χ1) is 10.7. The molecule has 0 spiro atoms. The molecular formula is C17H21NO4. The van der Waals surface area contributed by atoms with Gasteiger partial charge in [0.05, 0.1) is 0 Å². The molecule has 5 nitrogen and oxygen atoms in total. The number of allylic oxidation sites excluding steroid dienone is 1. The van der Waals surface area contributed by atoms with E-state index in [0.29, 0.717) is 13.1 Å². The summed E-state index contributed by atoms with van der Waals surface area (Å²) in [5, 5.41) is 0. The summed E-state index contributed by atoms with van der Waals surface area (Å²) < 4.78 is 10.3. The molecule has 1 aromatic carbocycles. The molecule has 0 atom stereocenters. The highest BCUT2D eigenvalue weighted by Crippen LogP contribution is 2.13. The van der Waals surface area contributed by atoms with Crippen molar-refractivity contribution < 1.29 is 19.1 Å². The number of carbonyl (C=O) groups excluding carboxylic acids is 2. The van der Waals surface area contributed by atoms with Crippen molar-refractivity contribution in [3.05, 3.63) is 47.7 Å². The van der Waals surface area contributed by atoms with Gasteiger partial charge in [-0.1, -0.05) is 30.3 Å². The summed E-state index contributed by atoms with van der Waals surface area (Å²) in [4.78, 5) is 25.6. The van der Waals surface area contributed by atoms with Gasteiger partial charge in [0, 0.05) is 13.1 Å². The zero-order valence-corrected chi connectivity index (χ0v) is 12.8. The molecule has 22 heavy (non-hydrogen) atoms. The Bertz CT molecular complexity index is 533. The molecule has 2 rings (SSSR count). The number of hydrogen-bond acceptors (Lipinski definition) is 4. The predicted octanol–water partition coefficient (Wildman–Crippen LogP) is 3.26. The third-order valence-corrected chi connectivity index (χ3v) is 3.49. The van der Waals surface area contributed by atoms with Gasteiger partial charge in [0.15, 0.2) is 0 Å². The molecule has 0 N–H and O–H groups in total. The van der Waals surface area contributed by atoms with E-state index in [1.165, 1.54) is 6.08 Å². The fourth-order valence-electron chi connectivity index (χ4n) is 2.25. The summed E-state index contributed by atoms with van der Waals surface area (Å²) in [6.45, 7) is 3.14. The van der Waals surface area contributed by atoms with Crippen molar-refractivity contribution in [1.29, 1.82) is 0 Å². The van der Waals surface area contributed by atoms with Crippen LogP contribution in [0.25, 0.3) is 0 Å². The molecule has 0 aromatic heterocycles. The SMILES string of the molecule is C/C=C(\OC(=O)N1CCCCC1)C(=O)OCc1ccccc1. The van der Waals surface area contributed by atoms with Crippen LogP contribution in [-0.2, 0) is 20.9 Å². The lowest BCUT2D eigenvalue weighted by Gasteiger charge is -2.25. The van der Waals surface area contributed by atoms with Crippen molar-refractivity contribution in [3.8, 4) is 0 Å². The maximum Gasteiger partial charge on any atom is 0.415 e. The van der Waals surface area contributed by atoms with E-state index in [0.717, 1.165) is 24.8 Å². The van der Waals surface area contributed by atoms with Crippen LogP contribution in [0.4, 0.5) is 4.79 Å². The van der Waals surface area contributed by atoms with Gasteiger partial charge in [0.2, 0.25) is 5.76 Å². The molecule has 5 heteroatoms. The van der Waals surface area contributed by atoms with E-state index in [9.17, 15) is 9.59 Å². The normalized spacial score (nSPS) is 15.3. The first kappa shape index (κ1) is 16.1. The Labute approximate surface area is 130 Å². The van der Waals surface area contributed by atoms with Crippen molar-refractivity contribution >= 4 is 12.1 Å². The molecular weight excluding hydrogens is 282 g/mol. The van der Waals surface area contributed by atoms with E-state index in [1.807, 2.05) is 30.3 Å². The van der Waals surface area contributed by atoms with Gasteiger partial charge in [-0.15, -0.1) is 0 Å². The van der Waals surface area contributed by atoms with Gasteiger partial charge >= 0.3 is 12.1 Å². The van der Waals surface area contributed by atoms with E-state index in [1.54, 1.807) is 11.8 Å². The van der Waals surface area contributed by atoms with Gasteiger partial charge < -0.3 is 14.4 Å². The smallest absolute Gasteiger partial charge is 0.415 e. The van der Waals surface area contributed by atoms with Gasteiger partial charge in [0.1, 0.15) is 6.61 Å². The molecule has 0 bridgehead atoms. The minimum Gasteiger partial charge on any atom is -0.455 e. The Kier molecular flexibility index (Phi) is 6.01. The number of amides is 1. The monoisotopic (exact) mass is 303 g/mol. The molecule has 1 aliphatic rings. The Morgan fingerprint density at radius 3 is 2.45 bits per heavy atom. The van der Waals surface area contributed by atoms with E-state index < -0.39 is 12.1 Å². The quantitative estimate of drug-likeness (QED) is 0.487. The predicted molar refractivity (Wildman–Crippen MR) is 81.9 cm³/mol. The number of ether oxygens (including phenoxy) is 2. The maximum absolute atomic E-state index is 12.0. The summed E-state index contributed by atoms with van der Waals surface area (Å²) in [7, 11) is 0. The van der Waals surface area contributed by atoms with Crippen LogP contribution in [0.3, 0.4) is 0 Å². The second kappa shape index (κ2) is 8.22. The molecule has 0 saturated carbocycles. The zero-order valence-electron chi connectivity index (χ0n) is 12.8. The molecule has 1 heterocycles. The lowest BCUT2D eigenvalue weighted by molar-refractivity contribution is -0.143. The highest BCUT2D eigenvalue weighted by Gasteiger charge is 2.22. The van der Waals surface area contributed by atoms with Crippen LogP contribution >= 0.6 is 0 Å². The second-order valence-corrected chi connectivity index (χ2v) is 5.13. The van der Waals surface area contributed by atoms with Crippen LogP contribution < -0.4 is 0 Å². The van der Waals surface area contributed by atoms with Gasteiger partial charge in [-0.2, -0.15) is 0 Å². The molecule has 0 radical (unpaired) electrons. The molecule has 1 amide bonds. The van der Waals surface area contributed by atoms with Gasteiger partial charge in [-0.05, 0) is 37.8 Å². The van der Waals surface area contributed by atoms with Crippen molar-refractivity contribution in [2.75, 3.05) is 13.1 Å². The molecule has 118 valence electrons. The first-order valence-corrected chi connectivity index (χ1v) is 7.55. The van der Waals surface area contributed by atoms with Crippen molar-refractivity contribution in [3.63, 3.8) is 0 Å². The van der Waals surface area contributed by atoms with E-state index >= 15 is 0 Å². The van der Waals surface area contributed by atoms with Crippen LogP contribution in [0.2, 0.25) is 0 Å². The Hall–Kier alpha value is -2.30. The van der Waals surface area contributed by atoms with Crippen LogP contribution in [0.15, 0.2) is 42.2 Å². The summed E-state index contributed by atoms with van der Waals surface area (Å²) >= 11 is 0. The van der Waals surface area contributed by atoms with Gasteiger partial charge in [-0.3, -0.25) is 0 Å². The lowest BCUT2D eigenvalue weighted by Crippen LogP contribution is -2.36. The van der Waals surface area contributed by atoms with E-state index in [-0.39, 0.29) is 12.4 Å². The molecule has 1 aliphatic heterocycles. The number of nitrogens with zero attached hydrogens (tertiary/aromatic N) is 1. The molecule has 1 saturated heterocycles. The lowest BCUT2D eigenvalue weighted by atomic mass is 10.1. The summed E-state index contributed by atoms with van der Waals surface area (Å²) in [5.74, 6) is -0.691. The Morgan fingerprint density at radius 1 is 1.14 bits per heavy atom. The Balaban J connectivity index is 1.85. The second-order valence-electron chi connectivity index (χ2n) is 5.13. The number of likely N-dealkylation sites (tertiary alicyclic amines) is 1. The fraction of sp³-hybridized carbons (Fsp3) is 0.412. The topological polar surface area (TPSA) is 55.8 Å². The standard InChI is InChI=1S/C17H21NO4/c1-2-15(22-17(20)18-11-7-4-8-12-18)16(19)21-13-14-9-5-3-6-10-14/h2-3,5-6,9-10H,4,7-8,11-13H2,1H3/b15-2-. The van der Waals surface area contributed by atoms with Crippen LogP contribution in [0, 0.1) is 0 Å². The first-order valence-electron chi connectivity index (χ1n) is 7.55. The maximum atomic E-state index is 12.0. The molecule has 1 fully saturated rings. The summed E-state index contributed by atoms with van der Waals surface area (Å²) in [5.41, 5.74) is 0.883. The van der Waals surface area contributed by atoms with Crippen molar-refractivity contribution in [2.24, 2.45) is 0 Å². The van der Waals surface area contributed by atoms with E-state index in [2.05, 4.69) is 0 Å². The number of rotatable bonds is 4.